The van der Waals surface area contributed by atoms with E-state index in [1.165, 1.54) is 11.3 Å². The molecule has 2 aromatic heterocycles. The van der Waals surface area contributed by atoms with Crippen LogP contribution in [0.4, 0.5) is 0 Å². The fourth-order valence-electron chi connectivity index (χ4n) is 1.04. The predicted octanol–water partition coefficient (Wildman–Crippen LogP) is 3.19. The molecule has 0 aliphatic rings. The third-order valence-electron chi connectivity index (χ3n) is 1.67. The Morgan fingerprint density at radius 1 is 1.53 bits per heavy atom. The van der Waals surface area contributed by atoms with Crippen LogP contribution in [0.25, 0.3) is 10.6 Å². The molecular weight excluding hydrogens is 347 g/mol. The van der Waals surface area contributed by atoms with Gasteiger partial charge in [0.25, 0.3) is 5.24 Å². The molecule has 2 aromatic rings. The molecule has 6 heteroatoms. The zero-order valence-electron chi connectivity index (χ0n) is 7.28. The highest BCUT2D eigenvalue weighted by molar-refractivity contribution is 14.1. The predicted molar refractivity (Wildman–Crippen MR) is 68.2 cm³/mol. The van der Waals surface area contributed by atoms with Gasteiger partial charge in [0.2, 0.25) is 0 Å². The average molecular weight is 351 g/mol. The van der Waals surface area contributed by atoms with Crippen molar-refractivity contribution in [3.63, 3.8) is 0 Å². The van der Waals surface area contributed by atoms with Crippen LogP contribution >= 0.6 is 45.5 Å². The Bertz CT molecular complexity index is 500. The number of carbonyl (C=O) groups is 1. The molecule has 0 unspecified atom stereocenters. The van der Waals surface area contributed by atoms with E-state index in [1.54, 1.807) is 12.4 Å². The molecule has 2 rings (SSSR count). The maximum absolute atomic E-state index is 11.0. The second-order valence-corrected chi connectivity index (χ2v) is 5.02. The van der Waals surface area contributed by atoms with Crippen LogP contribution in [0.3, 0.4) is 0 Å². The number of nitrogens with zero attached hydrogens (tertiary/aromatic N) is 2. The van der Waals surface area contributed by atoms with Gasteiger partial charge in [-0.2, -0.15) is 0 Å². The van der Waals surface area contributed by atoms with Crippen molar-refractivity contribution in [2.75, 3.05) is 0 Å². The minimum absolute atomic E-state index is 0.466. The van der Waals surface area contributed by atoms with Gasteiger partial charge < -0.3 is 0 Å². The van der Waals surface area contributed by atoms with E-state index in [1.807, 2.05) is 34.7 Å². The largest absolute Gasteiger partial charge is 0.275 e. The van der Waals surface area contributed by atoms with E-state index in [9.17, 15) is 4.79 Å². The van der Waals surface area contributed by atoms with Gasteiger partial charge in [0.15, 0.2) is 0 Å². The van der Waals surface area contributed by atoms with Crippen molar-refractivity contribution < 1.29 is 4.79 Å². The first-order valence-corrected chi connectivity index (χ1v) is 6.22. The summed E-state index contributed by atoms with van der Waals surface area (Å²) in [5, 5.41) is 0.295. The maximum Gasteiger partial charge on any atom is 0.265 e. The van der Waals surface area contributed by atoms with Crippen LogP contribution in [0.1, 0.15) is 9.67 Å². The number of hydrogen-bond donors (Lipinski definition) is 0. The van der Waals surface area contributed by atoms with Crippen molar-refractivity contribution in [3.05, 3.63) is 33.1 Å². The summed E-state index contributed by atoms with van der Waals surface area (Å²) in [6.45, 7) is 0. The van der Waals surface area contributed by atoms with Gasteiger partial charge in [-0.25, -0.2) is 4.98 Å². The quantitative estimate of drug-likeness (QED) is 0.617. The van der Waals surface area contributed by atoms with Crippen molar-refractivity contribution >= 4 is 50.8 Å². The van der Waals surface area contributed by atoms with Crippen molar-refractivity contribution in [3.8, 4) is 10.6 Å². The van der Waals surface area contributed by atoms with Crippen LogP contribution in [-0.4, -0.2) is 15.2 Å². The molecular formula is C9H4ClIN2OS. The Balaban J connectivity index is 2.48. The molecule has 15 heavy (non-hydrogen) atoms. The Hall–Kier alpha value is -0.530. The maximum atomic E-state index is 11.0. The van der Waals surface area contributed by atoms with Gasteiger partial charge >= 0.3 is 0 Å². The van der Waals surface area contributed by atoms with Crippen LogP contribution < -0.4 is 0 Å². The lowest BCUT2D eigenvalue weighted by Crippen LogP contribution is -1.85. The highest BCUT2D eigenvalue weighted by Gasteiger charge is 2.15. The molecule has 0 N–H and O–H groups in total. The third-order valence-corrected chi connectivity index (χ3v) is 4.22. The molecule has 0 aliphatic carbocycles. The number of thiazole rings is 1. The minimum Gasteiger partial charge on any atom is -0.275 e. The first-order valence-electron chi connectivity index (χ1n) is 3.95. The average Bonchev–Trinajstić information content (AvgIpc) is 2.62. The summed E-state index contributed by atoms with van der Waals surface area (Å²) >= 11 is 8.70. The smallest absolute Gasteiger partial charge is 0.265 e. The topological polar surface area (TPSA) is 42.9 Å². The van der Waals surface area contributed by atoms with Crippen LogP contribution in [-0.2, 0) is 0 Å². The van der Waals surface area contributed by atoms with Crippen LogP contribution in [0, 0.1) is 3.70 Å². The zero-order valence-corrected chi connectivity index (χ0v) is 11.0. The van der Waals surface area contributed by atoms with Gasteiger partial charge in [-0.1, -0.05) is 0 Å². The molecule has 2 heterocycles. The van der Waals surface area contributed by atoms with E-state index in [0.29, 0.717) is 8.58 Å². The molecule has 0 bridgehead atoms. The molecule has 0 fully saturated rings. The SMILES string of the molecule is O=C(Cl)c1sc(-c2cccnc2)nc1I. The Kier molecular flexibility index (Phi) is 3.32. The molecule has 0 atom stereocenters. The standard InChI is InChI=1S/C9H4ClIN2OS/c10-7(14)6-8(11)13-9(15-6)5-2-1-3-12-4-5/h1-4H. The zero-order chi connectivity index (χ0) is 10.8. The van der Waals surface area contributed by atoms with Gasteiger partial charge in [-0.3, -0.25) is 9.78 Å². The Morgan fingerprint density at radius 3 is 2.87 bits per heavy atom. The highest BCUT2D eigenvalue weighted by Crippen LogP contribution is 2.29. The van der Waals surface area contributed by atoms with Gasteiger partial charge in [-0.05, 0) is 46.3 Å². The van der Waals surface area contributed by atoms with E-state index in [4.69, 9.17) is 11.6 Å². The molecule has 0 spiro atoms. The number of halogens is 2. The molecule has 3 nitrogen and oxygen atoms in total. The third kappa shape index (κ3) is 2.35. The lowest BCUT2D eigenvalue weighted by Gasteiger charge is -1.91. The fraction of sp³-hybridized carbons (Fsp3) is 0. The number of carbonyl (C=O) groups excluding carboxylic acids is 1. The lowest BCUT2D eigenvalue weighted by molar-refractivity contribution is 0.108. The highest BCUT2D eigenvalue weighted by atomic mass is 127. The summed E-state index contributed by atoms with van der Waals surface area (Å²) in [7, 11) is 0. The van der Waals surface area contributed by atoms with Gasteiger partial charge in [0, 0.05) is 18.0 Å². The van der Waals surface area contributed by atoms with Crippen LogP contribution in [0.15, 0.2) is 24.5 Å². The molecule has 76 valence electrons. The van der Waals surface area contributed by atoms with Crippen molar-refractivity contribution in [2.24, 2.45) is 0 Å². The van der Waals surface area contributed by atoms with Crippen molar-refractivity contribution in [1.82, 2.24) is 9.97 Å². The monoisotopic (exact) mass is 350 g/mol. The molecule has 0 saturated carbocycles. The summed E-state index contributed by atoms with van der Waals surface area (Å²) in [5.74, 6) is 0. The minimum atomic E-state index is -0.466. The van der Waals surface area contributed by atoms with E-state index < -0.39 is 5.24 Å². The van der Waals surface area contributed by atoms with Gasteiger partial charge in [0.1, 0.15) is 13.6 Å². The van der Waals surface area contributed by atoms with Gasteiger partial charge in [0.05, 0.1) is 0 Å². The van der Waals surface area contributed by atoms with E-state index in [0.717, 1.165) is 10.6 Å². The number of aromatic nitrogens is 2. The number of hydrogen-bond acceptors (Lipinski definition) is 4. The van der Waals surface area contributed by atoms with E-state index in [2.05, 4.69) is 9.97 Å². The Morgan fingerprint density at radius 2 is 2.33 bits per heavy atom. The second kappa shape index (κ2) is 4.54. The normalized spacial score (nSPS) is 10.3. The molecule has 0 saturated heterocycles. The lowest BCUT2D eigenvalue weighted by atomic mass is 10.3. The first-order chi connectivity index (χ1) is 7.18. The summed E-state index contributed by atoms with van der Waals surface area (Å²) in [6, 6.07) is 3.72. The van der Waals surface area contributed by atoms with Gasteiger partial charge in [-0.15, -0.1) is 11.3 Å². The number of pyridine rings is 1. The van der Waals surface area contributed by atoms with Crippen LogP contribution in [0.5, 0.6) is 0 Å². The summed E-state index contributed by atoms with van der Waals surface area (Å²) in [4.78, 5) is 19.8. The Labute approximate surface area is 109 Å². The first kappa shape index (κ1) is 11.0. The summed E-state index contributed by atoms with van der Waals surface area (Å²) < 4.78 is 0.636. The molecule has 0 radical (unpaired) electrons. The second-order valence-electron chi connectivity index (χ2n) is 2.65. The summed E-state index contributed by atoms with van der Waals surface area (Å²) in [5.41, 5.74) is 0.893. The molecule has 0 aromatic carbocycles. The fourth-order valence-corrected chi connectivity index (χ4v) is 3.16. The summed E-state index contributed by atoms with van der Waals surface area (Å²) in [6.07, 6.45) is 3.40. The number of rotatable bonds is 2. The van der Waals surface area contributed by atoms with Crippen LogP contribution in [0.2, 0.25) is 0 Å². The molecule has 0 amide bonds. The molecule has 0 aliphatic heterocycles. The van der Waals surface area contributed by atoms with E-state index >= 15 is 0 Å². The van der Waals surface area contributed by atoms with E-state index in [-0.39, 0.29) is 0 Å². The van der Waals surface area contributed by atoms with Crippen molar-refractivity contribution in [1.29, 1.82) is 0 Å². The van der Waals surface area contributed by atoms with Crippen molar-refractivity contribution in [2.45, 2.75) is 0 Å².